The monoisotopic (exact) mass is 326 g/mol. The minimum atomic E-state index is 0.566. The quantitative estimate of drug-likeness (QED) is 0.816. The van der Waals surface area contributed by atoms with Gasteiger partial charge >= 0.3 is 0 Å². The summed E-state index contributed by atoms with van der Waals surface area (Å²) in [7, 11) is 0. The highest BCUT2D eigenvalue weighted by Crippen LogP contribution is 2.32. The van der Waals surface area contributed by atoms with Crippen LogP contribution in [-0.2, 0) is 0 Å². The molecule has 1 aromatic heterocycles. The minimum Gasteiger partial charge on any atom is -0.397 e. The molecule has 0 aliphatic heterocycles. The molecule has 2 N–H and O–H groups in total. The number of hydrogen-bond donors (Lipinski definition) is 1. The third kappa shape index (κ3) is 2.13. The predicted molar refractivity (Wildman–Crippen MR) is 71.6 cm³/mol. The van der Waals surface area contributed by atoms with Crippen LogP contribution in [0.15, 0.2) is 30.3 Å². The summed E-state index contributed by atoms with van der Waals surface area (Å²) < 4.78 is 1.20. The fourth-order valence-electron chi connectivity index (χ4n) is 1.25. The maximum absolute atomic E-state index is 8.80. The van der Waals surface area contributed by atoms with E-state index in [-0.39, 0.29) is 0 Å². The molecule has 1 aromatic carbocycles. The molecule has 0 saturated heterocycles. The summed E-state index contributed by atoms with van der Waals surface area (Å²) in [4.78, 5) is 1.63. The van der Waals surface area contributed by atoms with Gasteiger partial charge in [0.25, 0.3) is 0 Å². The molecular weight excluding hydrogens is 319 g/mol. The smallest absolute Gasteiger partial charge is 0.128 e. The van der Waals surface area contributed by atoms with Crippen LogP contribution < -0.4 is 5.73 Å². The van der Waals surface area contributed by atoms with Crippen molar-refractivity contribution in [3.63, 3.8) is 0 Å². The average molecular weight is 326 g/mol. The molecule has 0 aliphatic carbocycles. The molecule has 4 heteroatoms. The van der Waals surface area contributed by atoms with E-state index >= 15 is 0 Å². The predicted octanol–water partition coefficient (Wildman–Crippen LogP) is 3.47. The van der Waals surface area contributed by atoms with E-state index in [2.05, 4.69) is 28.7 Å². The molecule has 2 nitrogen and oxygen atoms in total. The lowest BCUT2D eigenvalue weighted by Gasteiger charge is -1.96. The molecule has 0 saturated carbocycles. The Kier molecular flexibility index (Phi) is 2.93. The number of halogens is 1. The van der Waals surface area contributed by atoms with Crippen LogP contribution in [0.3, 0.4) is 0 Å². The normalized spacial score (nSPS) is 9.87. The van der Waals surface area contributed by atoms with Crippen molar-refractivity contribution in [3.8, 4) is 16.5 Å². The van der Waals surface area contributed by atoms with Crippen molar-refractivity contribution >= 4 is 39.6 Å². The molecule has 0 atom stereocenters. The molecular formula is C11H7IN2S. The third-order valence-electron chi connectivity index (χ3n) is 1.99. The largest absolute Gasteiger partial charge is 0.397 e. The minimum absolute atomic E-state index is 0.566. The topological polar surface area (TPSA) is 49.8 Å². The molecule has 0 aliphatic rings. The molecule has 74 valence electrons. The van der Waals surface area contributed by atoms with Crippen LogP contribution in [0.2, 0.25) is 0 Å². The summed E-state index contributed by atoms with van der Waals surface area (Å²) >= 11 is 3.69. The number of benzene rings is 1. The highest BCUT2D eigenvalue weighted by molar-refractivity contribution is 14.1. The van der Waals surface area contributed by atoms with Gasteiger partial charge in [-0.15, -0.1) is 11.3 Å². The molecule has 0 radical (unpaired) electrons. The summed E-state index contributed by atoms with van der Waals surface area (Å²) in [6, 6.07) is 12.1. The van der Waals surface area contributed by atoms with Crippen LogP contribution in [0.4, 0.5) is 5.69 Å². The van der Waals surface area contributed by atoms with Crippen molar-refractivity contribution in [1.29, 1.82) is 5.26 Å². The van der Waals surface area contributed by atoms with Crippen molar-refractivity contribution in [2.45, 2.75) is 0 Å². The van der Waals surface area contributed by atoms with Gasteiger partial charge in [-0.1, -0.05) is 12.1 Å². The van der Waals surface area contributed by atoms with Crippen molar-refractivity contribution in [2.75, 3.05) is 5.73 Å². The molecule has 2 rings (SSSR count). The first kappa shape index (κ1) is 10.5. The lowest BCUT2D eigenvalue weighted by molar-refractivity contribution is 1.52. The Morgan fingerprint density at radius 1 is 1.27 bits per heavy atom. The number of nitrogens with two attached hydrogens (primary N) is 1. The lowest BCUT2D eigenvalue weighted by atomic mass is 10.2. The van der Waals surface area contributed by atoms with Gasteiger partial charge in [0.1, 0.15) is 10.9 Å². The van der Waals surface area contributed by atoms with Crippen molar-refractivity contribution in [2.24, 2.45) is 0 Å². The summed E-state index contributed by atoms with van der Waals surface area (Å²) in [5.41, 5.74) is 7.38. The van der Waals surface area contributed by atoms with Crippen LogP contribution in [0.25, 0.3) is 10.4 Å². The standard InChI is InChI=1S/C11H7IN2S/c12-8-3-1-7(2-4-8)10-5-9(14)11(6-13)15-10/h1-5H,14H2. The molecule has 0 bridgehead atoms. The Morgan fingerprint density at radius 2 is 1.93 bits per heavy atom. The molecule has 2 aromatic rings. The summed E-state index contributed by atoms with van der Waals surface area (Å²) in [5, 5.41) is 8.80. The molecule has 0 unspecified atom stereocenters. The fraction of sp³-hybridized carbons (Fsp3) is 0. The number of thiophene rings is 1. The van der Waals surface area contributed by atoms with Crippen LogP contribution in [0.5, 0.6) is 0 Å². The van der Waals surface area contributed by atoms with Crippen molar-refractivity contribution in [1.82, 2.24) is 0 Å². The average Bonchev–Trinajstić information content (AvgIpc) is 2.61. The van der Waals surface area contributed by atoms with Gasteiger partial charge in [-0.2, -0.15) is 5.26 Å². The summed E-state index contributed by atoms with van der Waals surface area (Å²) in [5.74, 6) is 0. The zero-order valence-corrected chi connectivity index (χ0v) is 10.7. The lowest BCUT2D eigenvalue weighted by Crippen LogP contribution is -1.81. The number of anilines is 1. The fourth-order valence-corrected chi connectivity index (χ4v) is 2.49. The first-order chi connectivity index (χ1) is 7.20. The first-order valence-electron chi connectivity index (χ1n) is 4.26. The maximum atomic E-state index is 8.80. The van der Waals surface area contributed by atoms with Gasteiger partial charge in [0, 0.05) is 8.45 Å². The van der Waals surface area contributed by atoms with Crippen LogP contribution in [0, 0.1) is 14.9 Å². The van der Waals surface area contributed by atoms with Gasteiger partial charge in [-0.3, -0.25) is 0 Å². The Balaban J connectivity index is 2.46. The zero-order valence-electron chi connectivity index (χ0n) is 7.70. The third-order valence-corrected chi connectivity index (χ3v) is 3.81. The van der Waals surface area contributed by atoms with E-state index in [0.717, 1.165) is 10.4 Å². The van der Waals surface area contributed by atoms with E-state index in [1.54, 1.807) is 0 Å². The molecule has 0 amide bonds. The second-order valence-corrected chi connectivity index (χ2v) is 5.31. The molecule has 15 heavy (non-hydrogen) atoms. The van der Waals surface area contributed by atoms with E-state index in [1.165, 1.54) is 14.9 Å². The number of rotatable bonds is 1. The Hall–Kier alpha value is -1.06. The number of nitrogen functional groups attached to an aromatic ring is 1. The SMILES string of the molecule is N#Cc1sc(-c2ccc(I)cc2)cc1N. The van der Waals surface area contributed by atoms with Crippen LogP contribution >= 0.6 is 33.9 Å². The van der Waals surface area contributed by atoms with Gasteiger partial charge in [0.15, 0.2) is 0 Å². The Morgan fingerprint density at radius 3 is 2.47 bits per heavy atom. The van der Waals surface area contributed by atoms with E-state index in [0.29, 0.717) is 10.6 Å². The van der Waals surface area contributed by atoms with E-state index in [9.17, 15) is 0 Å². The van der Waals surface area contributed by atoms with E-state index in [1.807, 2.05) is 30.3 Å². The second kappa shape index (κ2) is 4.21. The number of nitriles is 1. The maximum Gasteiger partial charge on any atom is 0.128 e. The Labute approximate surface area is 105 Å². The van der Waals surface area contributed by atoms with Gasteiger partial charge in [0.05, 0.1) is 5.69 Å². The van der Waals surface area contributed by atoms with Gasteiger partial charge in [-0.05, 0) is 46.4 Å². The summed E-state index contributed by atoms with van der Waals surface area (Å²) in [6.07, 6.45) is 0. The van der Waals surface area contributed by atoms with Gasteiger partial charge in [0.2, 0.25) is 0 Å². The number of nitrogens with zero attached hydrogens (tertiary/aromatic N) is 1. The molecule has 0 spiro atoms. The van der Waals surface area contributed by atoms with Crippen LogP contribution in [0.1, 0.15) is 4.88 Å². The van der Waals surface area contributed by atoms with Gasteiger partial charge < -0.3 is 5.73 Å². The number of hydrogen-bond acceptors (Lipinski definition) is 3. The highest BCUT2D eigenvalue weighted by Gasteiger charge is 2.06. The van der Waals surface area contributed by atoms with Crippen molar-refractivity contribution in [3.05, 3.63) is 38.8 Å². The molecule has 1 heterocycles. The van der Waals surface area contributed by atoms with E-state index < -0.39 is 0 Å². The second-order valence-electron chi connectivity index (χ2n) is 3.01. The zero-order chi connectivity index (χ0) is 10.8. The molecule has 0 fully saturated rings. The summed E-state index contributed by atoms with van der Waals surface area (Å²) in [6.45, 7) is 0. The van der Waals surface area contributed by atoms with Gasteiger partial charge in [-0.25, -0.2) is 0 Å². The Bertz CT molecular complexity index is 523. The first-order valence-corrected chi connectivity index (χ1v) is 6.15. The van der Waals surface area contributed by atoms with E-state index in [4.69, 9.17) is 11.0 Å². The van der Waals surface area contributed by atoms with Crippen molar-refractivity contribution < 1.29 is 0 Å². The highest BCUT2D eigenvalue weighted by atomic mass is 127. The van der Waals surface area contributed by atoms with Crippen LogP contribution in [-0.4, -0.2) is 0 Å².